The molecular weight excluding hydrogens is 266 g/mol. The normalized spacial score (nSPS) is 27.4. The molecule has 114 valence electrons. The lowest BCUT2D eigenvalue weighted by molar-refractivity contribution is -0.133. The van der Waals surface area contributed by atoms with E-state index in [0.29, 0.717) is 13.0 Å². The third-order valence-corrected chi connectivity index (χ3v) is 4.02. The van der Waals surface area contributed by atoms with Crippen molar-refractivity contribution in [3.05, 3.63) is 35.9 Å². The summed E-state index contributed by atoms with van der Waals surface area (Å²) in [7, 11) is 0. The number of benzene rings is 1. The molecule has 1 saturated heterocycles. The van der Waals surface area contributed by atoms with Gasteiger partial charge in [0.2, 0.25) is 11.8 Å². The summed E-state index contributed by atoms with van der Waals surface area (Å²) >= 11 is 0. The van der Waals surface area contributed by atoms with Crippen molar-refractivity contribution in [2.75, 3.05) is 6.54 Å². The molecule has 5 nitrogen and oxygen atoms in total. The van der Waals surface area contributed by atoms with Crippen molar-refractivity contribution in [3.8, 4) is 0 Å². The fraction of sp³-hybridized carbons (Fsp3) is 0.500. The van der Waals surface area contributed by atoms with Gasteiger partial charge >= 0.3 is 0 Å². The molecule has 1 aliphatic heterocycles. The van der Waals surface area contributed by atoms with Gasteiger partial charge in [0.25, 0.3) is 0 Å². The van der Waals surface area contributed by atoms with Gasteiger partial charge in [-0.1, -0.05) is 30.3 Å². The number of carbonyl (C=O) groups is 2. The van der Waals surface area contributed by atoms with Crippen molar-refractivity contribution in [1.82, 2.24) is 10.6 Å². The van der Waals surface area contributed by atoms with E-state index in [4.69, 9.17) is 5.73 Å². The second-order valence-electron chi connectivity index (χ2n) is 5.97. The van der Waals surface area contributed by atoms with Crippen molar-refractivity contribution in [2.45, 2.75) is 44.2 Å². The monoisotopic (exact) mass is 289 g/mol. The Kier molecular flexibility index (Phi) is 4.63. The molecule has 0 aliphatic carbocycles. The average Bonchev–Trinajstić information content (AvgIpc) is 2.60. The maximum absolute atomic E-state index is 12.3. The summed E-state index contributed by atoms with van der Waals surface area (Å²) in [6.45, 7) is 3.99. The van der Waals surface area contributed by atoms with Gasteiger partial charge in [-0.05, 0) is 38.2 Å². The number of rotatable bonds is 3. The number of nitrogens with one attached hydrogen (secondary N) is 2. The highest BCUT2D eigenvalue weighted by Crippen LogP contribution is 2.31. The molecule has 1 aromatic carbocycles. The van der Waals surface area contributed by atoms with Crippen LogP contribution in [0, 0.1) is 0 Å². The highest BCUT2D eigenvalue weighted by Gasteiger charge is 2.39. The topological polar surface area (TPSA) is 84.2 Å². The molecule has 0 saturated carbocycles. The van der Waals surface area contributed by atoms with Crippen LogP contribution in [0.25, 0.3) is 0 Å². The van der Waals surface area contributed by atoms with Crippen LogP contribution in [0.3, 0.4) is 0 Å². The lowest BCUT2D eigenvalue weighted by Gasteiger charge is -2.31. The molecule has 1 aliphatic rings. The smallest absolute Gasteiger partial charge is 0.245 e. The lowest BCUT2D eigenvalue weighted by Crippen LogP contribution is -2.58. The van der Waals surface area contributed by atoms with Gasteiger partial charge < -0.3 is 16.4 Å². The highest BCUT2D eigenvalue weighted by atomic mass is 16.2. The molecule has 4 N–H and O–H groups in total. The summed E-state index contributed by atoms with van der Waals surface area (Å²) in [6.07, 6.45) is 1.43. The number of nitrogens with two attached hydrogens (primary N) is 1. The van der Waals surface area contributed by atoms with Crippen LogP contribution in [0.1, 0.15) is 38.2 Å². The summed E-state index contributed by atoms with van der Waals surface area (Å²) in [6, 6.07) is 9.46. The molecule has 1 fully saturated rings. The first-order valence-corrected chi connectivity index (χ1v) is 7.33. The molecular formula is C16H23N3O2. The van der Waals surface area contributed by atoms with Crippen molar-refractivity contribution >= 4 is 11.8 Å². The van der Waals surface area contributed by atoms with E-state index in [9.17, 15) is 9.59 Å². The molecule has 2 rings (SSSR count). The zero-order valence-electron chi connectivity index (χ0n) is 12.6. The standard InChI is InChI=1S/C16H23N3O2/c1-11(17)14(20)19-16(2)10-13(8-9-18-15(16)21)12-6-4-3-5-7-12/h3-7,11,13H,8-10,17H2,1-2H3,(H,18,21)(H,19,20)/t11-,13+,16-/m0/s1. The van der Waals surface area contributed by atoms with E-state index < -0.39 is 11.6 Å². The van der Waals surface area contributed by atoms with E-state index in [2.05, 4.69) is 22.8 Å². The minimum Gasteiger partial charge on any atom is -0.354 e. The minimum atomic E-state index is -0.929. The van der Waals surface area contributed by atoms with Crippen LogP contribution >= 0.6 is 0 Å². The summed E-state index contributed by atoms with van der Waals surface area (Å²) in [4.78, 5) is 24.2. The predicted molar refractivity (Wildman–Crippen MR) is 81.6 cm³/mol. The van der Waals surface area contributed by atoms with E-state index in [1.165, 1.54) is 5.56 Å². The van der Waals surface area contributed by atoms with Crippen molar-refractivity contribution < 1.29 is 9.59 Å². The highest BCUT2D eigenvalue weighted by molar-refractivity contribution is 5.92. The second kappa shape index (κ2) is 6.26. The van der Waals surface area contributed by atoms with Crippen molar-refractivity contribution in [2.24, 2.45) is 5.73 Å². The first kappa shape index (κ1) is 15.5. The van der Waals surface area contributed by atoms with Crippen LogP contribution in [0.15, 0.2) is 30.3 Å². The number of amides is 2. The summed E-state index contributed by atoms with van der Waals surface area (Å²) in [5.74, 6) is -0.222. The zero-order chi connectivity index (χ0) is 15.5. The Morgan fingerprint density at radius 1 is 1.43 bits per heavy atom. The predicted octanol–water partition coefficient (Wildman–Crippen LogP) is 0.902. The molecule has 1 aromatic rings. The molecule has 3 atom stereocenters. The molecule has 0 aromatic heterocycles. The first-order valence-electron chi connectivity index (χ1n) is 7.33. The summed E-state index contributed by atoms with van der Waals surface area (Å²) in [5.41, 5.74) is 5.86. The molecule has 21 heavy (non-hydrogen) atoms. The SMILES string of the molecule is C[C@H](N)C(=O)N[C@@]1(C)C[C@H](c2ccccc2)CCNC1=O. The Bertz CT molecular complexity index is 516. The average molecular weight is 289 g/mol. The molecule has 0 radical (unpaired) electrons. The molecule has 2 amide bonds. The largest absolute Gasteiger partial charge is 0.354 e. The van der Waals surface area contributed by atoms with Gasteiger partial charge in [-0.2, -0.15) is 0 Å². The molecule has 0 unspecified atom stereocenters. The number of carbonyl (C=O) groups excluding carboxylic acids is 2. The van der Waals surface area contributed by atoms with Gasteiger partial charge in [0.15, 0.2) is 0 Å². The van der Waals surface area contributed by atoms with Crippen LogP contribution in [0.2, 0.25) is 0 Å². The van der Waals surface area contributed by atoms with E-state index >= 15 is 0 Å². The van der Waals surface area contributed by atoms with Gasteiger partial charge in [-0.3, -0.25) is 9.59 Å². The van der Waals surface area contributed by atoms with Crippen LogP contribution in [-0.4, -0.2) is 29.9 Å². The first-order chi connectivity index (χ1) is 9.92. The Hall–Kier alpha value is -1.88. The van der Waals surface area contributed by atoms with Crippen LogP contribution in [-0.2, 0) is 9.59 Å². The van der Waals surface area contributed by atoms with Gasteiger partial charge in [-0.15, -0.1) is 0 Å². The van der Waals surface area contributed by atoms with Crippen LogP contribution in [0.4, 0.5) is 0 Å². The minimum absolute atomic E-state index is 0.144. The Balaban J connectivity index is 2.22. The Labute approximate surface area is 125 Å². The zero-order valence-corrected chi connectivity index (χ0v) is 12.6. The van der Waals surface area contributed by atoms with Crippen LogP contribution < -0.4 is 16.4 Å². The third kappa shape index (κ3) is 3.61. The number of hydrogen-bond acceptors (Lipinski definition) is 3. The Morgan fingerprint density at radius 3 is 2.71 bits per heavy atom. The number of hydrogen-bond donors (Lipinski definition) is 3. The van der Waals surface area contributed by atoms with Crippen molar-refractivity contribution in [3.63, 3.8) is 0 Å². The maximum Gasteiger partial charge on any atom is 0.245 e. The molecule has 1 heterocycles. The van der Waals surface area contributed by atoms with Crippen molar-refractivity contribution in [1.29, 1.82) is 0 Å². The Morgan fingerprint density at radius 2 is 2.10 bits per heavy atom. The fourth-order valence-electron chi connectivity index (χ4n) is 2.75. The quantitative estimate of drug-likeness (QED) is 0.773. The van der Waals surface area contributed by atoms with E-state index in [-0.39, 0.29) is 17.7 Å². The van der Waals surface area contributed by atoms with E-state index in [1.54, 1.807) is 13.8 Å². The van der Waals surface area contributed by atoms with E-state index in [1.807, 2.05) is 18.2 Å². The summed E-state index contributed by atoms with van der Waals surface area (Å²) in [5, 5.41) is 5.69. The van der Waals surface area contributed by atoms with Gasteiger partial charge in [0.05, 0.1) is 6.04 Å². The molecule has 0 spiro atoms. The molecule has 5 heteroatoms. The lowest BCUT2D eigenvalue weighted by atomic mass is 9.83. The van der Waals surface area contributed by atoms with E-state index in [0.717, 1.165) is 6.42 Å². The van der Waals surface area contributed by atoms with Gasteiger partial charge in [0.1, 0.15) is 5.54 Å². The van der Waals surface area contributed by atoms with Gasteiger partial charge in [0, 0.05) is 6.54 Å². The maximum atomic E-state index is 12.3. The summed E-state index contributed by atoms with van der Waals surface area (Å²) < 4.78 is 0. The third-order valence-electron chi connectivity index (χ3n) is 4.02. The second-order valence-corrected chi connectivity index (χ2v) is 5.97. The molecule has 0 bridgehead atoms. The van der Waals surface area contributed by atoms with Crippen LogP contribution in [0.5, 0.6) is 0 Å². The fourth-order valence-corrected chi connectivity index (χ4v) is 2.75. The van der Waals surface area contributed by atoms with Gasteiger partial charge in [-0.25, -0.2) is 0 Å².